The summed E-state index contributed by atoms with van der Waals surface area (Å²) in [5, 5.41) is 1.23. The van der Waals surface area contributed by atoms with Crippen LogP contribution in [-0.2, 0) is 6.42 Å². The number of hydrogen-bond acceptors (Lipinski definition) is 2. The second-order valence-corrected chi connectivity index (χ2v) is 5.44. The van der Waals surface area contributed by atoms with E-state index in [2.05, 4.69) is 6.92 Å². The molecule has 4 heteroatoms. The quantitative estimate of drug-likeness (QED) is 0.837. The first-order valence-electron chi connectivity index (χ1n) is 6.57. The molecule has 2 aromatic carbocycles. The molecule has 0 aliphatic heterocycles. The Morgan fingerprint density at radius 2 is 1.65 bits per heavy atom. The average Bonchev–Trinajstić information content (AvgIpc) is 2.44. The normalized spacial score (nSPS) is 12.2. The maximum Gasteiger partial charge on any atom is 0.146 e. The van der Waals surface area contributed by atoms with Gasteiger partial charge in [-0.25, -0.2) is 0 Å². The SMILES string of the molecule is CCC(N)Cc1c(Cl)cccc1Oc1ccccc1Cl. The number of halogens is 2. The minimum atomic E-state index is 0.0588. The molecule has 1 atom stereocenters. The van der Waals surface area contributed by atoms with Crippen LogP contribution in [0, 0.1) is 0 Å². The Balaban J connectivity index is 2.32. The van der Waals surface area contributed by atoms with Gasteiger partial charge in [0.25, 0.3) is 0 Å². The van der Waals surface area contributed by atoms with E-state index in [-0.39, 0.29) is 6.04 Å². The largest absolute Gasteiger partial charge is 0.455 e. The van der Waals surface area contributed by atoms with Gasteiger partial charge in [0.1, 0.15) is 11.5 Å². The summed E-state index contributed by atoms with van der Waals surface area (Å²) >= 11 is 12.4. The Morgan fingerprint density at radius 3 is 2.35 bits per heavy atom. The molecule has 0 amide bonds. The van der Waals surface area contributed by atoms with Gasteiger partial charge in [-0.1, -0.05) is 48.3 Å². The smallest absolute Gasteiger partial charge is 0.146 e. The van der Waals surface area contributed by atoms with Gasteiger partial charge in [-0.3, -0.25) is 0 Å². The predicted octanol–water partition coefficient (Wildman–Crippen LogP) is 5.07. The zero-order valence-corrected chi connectivity index (χ0v) is 12.8. The average molecular weight is 310 g/mol. The topological polar surface area (TPSA) is 35.2 Å². The number of benzene rings is 2. The minimum Gasteiger partial charge on any atom is -0.455 e. The molecule has 0 saturated carbocycles. The van der Waals surface area contributed by atoms with Crippen LogP contribution < -0.4 is 10.5 Å². The van der Waals surface area contributed by atoms with Gasteiger partial charge in [-0.15, -0.1) is 0 Å². The van der Waals surface area contributed by atoms with Crippen molar-refractivity contribution in [3.63, 3.8) is 0 Å². The van der Waals surface area contributed by atoms with Gasteiger partial charge in [0.2, 0.25) is 0 Å². The Morgan fingerprint density at radius 1 is 1.00 bits per heavy atom. The molecule has 0 saturated heterocycles. The lowest BCUT2D eigenvalue weighted by Crippen LogP contribution is -2.21. The third-order valence-electron chi connectivity index (χ3n) is 3.12. The third kappa shape index (κ3) is 3.66. The van der Waals surface area contributed by atoms with E-state index in [0.29, 0.717) is 28.0 Å². The Bertz CT molecular complexity index is 586. The molecule has 2 aromatic rings. The highest BCUT2D eigenvalue weighted by molar-refractivity contribution is 6.32. The molecular weight excluding hydrogens is 293 g/mol. The Labute approximate surface area is 129 Å². The Kier molecular flexibility index (Phi) is 5.30. The highest BCUT2D eigenvalue weighted by Gasteiger charge is 2.13. The lowest BCUT2D eigenvalue weighted by atomic mass is 10.0. The zero-order valence-electron chi connectivity index (χ0n) is 11.3. The van der Waals surface area contributed by atoms with Crippen molar-refractivity contribution in [1.82, 2.24) is 0 Å². The van der Waals surface area contributed by atoms with Crippen LogP contribution in [0.5, 0.6) is 11.5 Å². The molecule has 1 unspecified atom stereocenters. The molecular formula is C16H17Cl2NO. The second kappa shape index (κ2) is 6.98. The highest BCUT2D eigenvalue weighted by Crippen LogP contribution is 2.34. The molecule has 0 aliphatic carbocycles. The van der Waals surface area contributed by atoms with Crippen molar-refractivity contribution in [2.45, 2.75) is 25.8 Å². The summed E-state index contributed by atoms with van der Waals surface area (Å²) in [6.45, 7) is 2.05. The van der Waals surface area contributed by atoms with Crippen LogP contribution in [0.25, 0.3) is 0 Å². The van der Waals surface area contributed by atoms with Gasteiger partial charge < -0.3 is 10.5 Å². The molecule has 0 aliphatic rings. The van der Waals surface area contributed by atoms with Gasteiger partial charge in [-0.2, -0.15) is 0 Å². The van der Waals surface area contributed by atoms with Crippen LogP contribution in [0.3, 0.4) is 0 Å². The van der Waals surface area contributed by atoms with Crippen LogP contribution in [-0.4, -0.2) is 6.04 Å². The summed E-state index contributed by atoms with van der Waals surface area (Å²) in [5.74, 6) is 1.32. The Hall–Kier alpha value is -1.22. The van der Waals surface area contributed by atoms with Gasteiger partial charge in [0.15, 0.2) is 0 Å². The molecule has 0 fully saturated rings. The predicted molar refractivity (Wildman–Crippen MR) is 84.9 cm³/mol. The summed E-state index contributed by atoms with van der Waals surface area (Å²) in [7, 11) is 0. The van der Waals surface area contributed by atoms with E-state index in [1.807, 2.05) is 36.4 Å². The third-order valence-corrected chi connectivity index (χ3v) is 3.79. The van der Waals surface area contributed by atoms with Gasteiger partial charge in [-0.05, 0) is 37.1 Å². The van der Waals surface area contributed by atoms with Crippen LogP contribution in [0.4, 0.5) is 0 Å². The molecule has 0 spiro atoms. The van der Waals surface area contributed by atoms with E-state index in [9.17, 15) is 0 Å². The van der Waals surface area contributed by atoms with Crippen molar-refractivity contribution < 1.29 is 4.74 Å². The summed E-state index contributed by atoms with van der Waals surface area (Å²) in [6, 6.07) is 13.0. The molecule has 0 heterocycles. The van der Waals surface area contributed by atoms with Crippen molar-refractivity contribution in [2.75, 3.05) is 0 Å². The van der Waals surface area contributed by atoms with Crippen LogP contribution >= 0.6 is 23.2 Å². The van der Waals surface area contributed by atoms with Crippen molar-refractivity contribution in [3.05, 3.63) is 58.1 Å². The minimum absolute atomic E-state index is 0.0588. The summed E-state index contributed by atoms with van der Waals surface area (Å²) in [5.41, 5.74) is 6.95. The first-order valence-corrected chi connectivity index (χ1v) is 7.32. The fraction of sp³-hybridized carbons (Fsp3) is 0.250. The monoisotopic (exact) mass is 309 g/mol. The maximum atomic E-state index is 6.27. The zero-order chi connectivity index (χ0) is 14.5. The molecule has 0 bridgehead atoms. The molecule has 2 rings (SSSR count). The van der Waals surface area contributed by atoms with Gasteiger partial charge >= 0.3 is 0 Å². The van der Waals surface area contributed by atoms with E-state index in [0.717, 1.165) is 12.0 Å². The number of ether oxygens (including phenoxy) is 1. The van der Waals surface area contributed by atoms with Crippen molar-refractivity contribution in [3.8, 4) is 11.5 Å². The maximum absolute atomic E-state index is 6.27. The standard InChI is InChI=1S/C16H17Cl2NO/c1-2-11(19)10-12-13(17)7-5-9-15(12)20-16-8-4-3-6-14(16)18/h3-9,11H,2,10,19H2,1H3. The van der Waals surface area contributed by atoms with E-state index < -0.39 is 0 Å². The van der Waals surface area contributed by atoms with E-state index in [4.69, 9.17) is 33.7 Å². The molecule has 20 heavy (non-hydrogen) atoms. The molecule has 2 N–H and O–H groups in total. The lowest BCUT2D eigenvalue weighted by molar-refractivity contribution is 0.472. The number of hydrogen-bond donors (Lipinski definition) is 1. The number of nitrogens with two attached hydrogens (primary N) is 1. The number of rotatable bonds is 5. The summed E-state index contributed by atoms with van der Waals surface area (Å²) in [6.07, 6.45) is 1.56. The fourth-order valence-corrected chi connectivity index (χ4v) is 2.30. The van der Waals surface area contributed by atoms with Crippen LogP contribution in [0.15, 0.2) is 42.5 Å². The van der Waals surface area contributed by atoms with E-state index in [1.165, 1.54) is 0 Å². The van der Waals surface area contributed by atoms with Gasteiger partial charge in [0.05, 0.1) is 5.02 Å². The van der Waals surface area contributed by atoms with Crippen LogP contribution in [0.1, 0.15) is 18.9 Å². The second-order valence-electron chi connectivity index (χ2n) is 4.62. The first-order chi connectivity index (χ1) is 9.61. The van der Waals surface area contributed by atoms with E-state index in [1.54, 1.807) is 6.07 Å². The van der Waals surface area contributed by atoms with Crippen molar-refractivity contribution in [1.29, 1.82) is 0 Å². The molecule has 0 aromatic heterocycles. The summed E-state index contributed by atoms with van der Waals surface area (Å²) in [4.78, 5) is 0. The first kappa shape index (κ1) is 15.2. The molecule has 2 nitrogen and oxygen atoms in total. The van der Waals surface area contributed by atoms with Crippen molar-refractivity contribution in [2.24, 2.45) is 5.73 Å². The van der Waals surface area contributed by atoms with Gasteiger partial charge in [0, 0.05) is 16.6 Å². The van der Waals surface area contributed by atoms with Crippen LogP contribution in [0.2, 0.25) is 10.0 Å². The lowest BCUT2D eigenvalue weighted by Gasteiger charge is -2.16. The summed E-state index contributed by atoms with van der Waals surface area (Å²) < 4.78 is 5.89. The number of para-hydroxylation sites is 1. The fourth-order valence-electron chi connectivity index (χ4n) is 1.89. The highest BCUT2D eigenvalue weighted by atomic mass is 35.5. The van der Waals surface area contributed by atoms with E-state index >= 15 is 0 Å². The molecule has 0 radical (unpaired) electrons. The molecule has 106 valence electrons. The van der Waals surface area contributed by atoms with Crippen molar-refractivity contribution >= 4 is 23.2 Å².